The molecule has 6 nitrogen and oxygen atoms in total. The molecule has 1 saturated heterocycles. The Morgan fingerprint density at radius 3 is 2.96 bits per heavy atom. The van der Waals surface area contributed by atoms with Crippen molar-refractivity contribution in [3.05, 3.63) is 65.3 Å². The number of carbonyl (C=O) groups excluding carboxylic acids is 1. The van der Waals surface area contributed by atoms with Crippen LogP contribution in [0.4, 0.5) is 0 Å². The van der Waals surface area contributed by atoms with Gasteiger partial charge in [0.05, 0.1) is 0 Å². The summed E-state index contributed by atoms with van der Waals surface area (Å²) in [5, 5.41) is 6.80. The minimum Gasteiger partial charge on any atom is -0.456 e. The predicted molar refractivity (Wildman–Crippen MR) is 108 cm³/mol. The standard InChI is InChI=1S/C21H20N4O2S/c1-14-6-8-17(27-14)21(26)24-10-2-4-16(12-24)20-22-19-9-7-15(13-25(19)23-20)18-5-3-11-28-18/h3,5-9,11,13,16H,2,4,10,12H2,1H3/t16-/m0/s1. The molecule has 5 heterocycles. The quantitative estimate of drug-likeness (QED) is 0.519. The van der Waals surface area contributed by atoms with Crippen LogP contribution in [0.15, 0.2) is 52.4 Å². The van der Waals surface area contributed by atoms with E-state index in [9.17, 15) is 4.79 Å². The third-order valence-electron chi connectivity index (χ3n) is 5.18. The largest absolute Gasteiger partial charge is 0.456 e. The Hall–Kier alpha value is -2.93. The number of carbonyl (C=O) groups is 1. The van der Waals surface area contributed by atoms with Crippen molar-refractivity contribution in [2.24, 2.45) is 0 Å². The number of rotatable bonds is 3. The van der Waals surface area contributed by atoms with Gasteiger partial charge in [0.2, 0.25) is 0 Å². The minimum absolute atomic E-state index is 0.0541. The molecular formula is C21H20N4O2S. The Morgan fingerprint density at radius 2 is 2.18 bits per heavy atom. The molecule has 142 valence electrons. The number of hydrogen-bond donors (Lipinski definition) is 0. The second-order valence-corrected chi connectivity index (χ2v) is 8.12. The highest BCUT2D eigenvalue weighted by molar-refractivity contribution is 7.13. The van der Waals surface area contributed by atoms with E-state index in [0.29, 0.717) is 12.3 Å². The van der Waals surface area contributed by atoms with Crippen LogP contribution in [-0.2, 0) is 0 Å². The molecule has 7 heteroatoms. The van der Waals surface area contributed by atoms with Gasteiger partial charge in [0.1, 0.15) is 5.76 Å². The molecule has 0 aromatic carbocycles. The van der Waals surface area contributed by atoms with Crippen LogP contribution in [0.25, 0.3) is 16.1 Å². The lowest BCUT2D eigenvalue weighted by molar-refractivity contribution is 0.0671. The van der Waals surface area contributed by atoms with Gasteiger partial charge in [0, 0.05) is 35.6 Å². The first kappa shape index (κ1) is 17.2. The lowest BCUT2D eigenvalue weighted by Gasteiger charge is -2.30. The topological polar surface area (TPSA) is 63.6 Å². The second-order valence-electron chi connectivity index (χ2n) is 7.17. The molecule has 5 rings (SSSR count). The van der Waals surface area contributed by atoms with Gasteiger partial charge in [-0.3, -0.25) is 4.79 Å². The van der Waals surface area contributed by atoms with Crippen LogP contribution >= 0.6 is 11.3 Å². The number of aromatic nitrogens is 3. The Kier molecular flexibility index (Phi) is 4.24. The molecule has 1 atom stereocenters. The summed E-state index contributed by atoms with van der Waals surface area (Å²) >= 11 is 1.71. The maximum Gasteiger partial charge on any atom is 0.289 e. The average Bonchev–Trinajstić information content (AvgIpc) is 3.47. The molecule has 0 aliphatic carbocycles. The van der Waals surface area contributed by atoms with Crippen LogP contribution in [0, 0.1) is 6.92 Å². The van der Waals surface area contributed by atoms with Gasteiger partial charge in [-0.2, -0.15) is 5.10 Å². The Morgan fingerprint density at radius 1 is 1.25 bits per heavy atom. The molecule has 4 aromatic heterocycles. The van der Waals surface area contributed by atoms with Crippen molar-refractivity contribution in [3.8, 4) is 10.4 Å². The highest BCUT2D eigenvalue weighted by Crippen LogP contribution is 2.28. The van der Waals surface area contributed by atoms with Gasteiger partial charge in [-0.25, -0.2) is 9.50 Å². The third kappa shape index (κ3) is 3.11. The normalized spacial score (nSPS) is 17.3. The molecule has 1 amide bonds. The number of fused-ring (bicyclic) bond motifs is 1. The molecule has 0 unspecified atom stereocenters. The molecule has 1 aliphatic heterocycles. The van der Waals surface area contributed by atoms with Gasteiger partial charge < -0.3 is 9.32 Å². The van der Waals surface area contributed by atoms with E-state index in [0.717, 1.165) is 42.2 Å². The predicted octanol–water partition coefficient (Wildman–Crippen LogP) is 4.38. The van der Waals surface area contributed by atoms with Crippen LogP contribution < -0.4 is 0 Å². The number of furan rings is 1. The lowest BCUT2D eigenvalue weighted by atomic mass is 9.97. The summed E-state index contributed by atoms with van der Waals surface area (Å²) in [4.78, 5) is 20.5. The van der Waals surface area contributed by atoms with E-state index in [-0.39, 0.29) is 11.8 Å². The molecule has 0 spiro atoms. The fourth-order valence-corrected chi connectivity index (χ4v) is 4.46. The highest BCUT2D eigenvalue weighted by atomic mass is 32.1. The van der Waals surface area contributed by atoms with E-state index in [1.54, 1.807) is 17.4 Å². The van der Waals surface area contributed by atoms with Gasteiger partial charge in [0.25, 0.3) is 5.91 Å². The van der Waals surface area contributed by atoms with E-state index in [1.165, 1.54) is 4.88 Å². The van der Waals surface area contributed by atoms with E-state index < -0.39 is 0 Å². The van der Waals surface area contributed by atoms with E-state index in [4.69, 9.17) is 14.5 Å². The first-order chi connectivity index (χ1) is 13.7. The van der Waals surface area contributed by atoms with Gasteiger partial charge in [-0.15, -0.1) is 11.3 Å². The molecule has 4 aromatic rings. The van der Waals surface area contributed by atoms with Crippen LogP contribution in [0.3, 0.4) is 0 Å². The maximum absolute atomic E-state index is 12.7. The zero-order valence-corrected chi connectivity index (χ0v) is 16.4. The van der Waals surface area contributed by atoms with Crippen molar-refractivity contribution in [1.82, 2.24) is 19.5 Å². The zero-order chi connectivity index (χ0) is 19.1. The fourth-order valence-electron chi connectivity index (χ4n) is 3.74. The summed E-state index contributed by atoms with van der Waals surface area (Å²) < 4.78 is 7.36. The third-order valence-corrected chi connectivity index (χ3v) is 6.10. The van der Waals surface area contributed by atoms with Gasteiger partial charge in [0.15, 0.2) is 17.2 Å². The van der Waals surface area contributed by atoms with Crippen molar-refractivity contribution in [2.45, 2.75) is 25.7 Å². The number of nitrogens with zero attached hydrogens (tertiary/aromatic N) is 4. The summed E-state index contributed by atoms with van der Waals surface area (Å²) in [5.74, 6) is 2.04. The number of piperidine rings is 1. The Labute approximate surface area is 166 Å². The number of pyridine rings is 1. The minimum atomic E-state index is -0.0541. The molecule has 0 radical (unpaired) electrons. The number of likely N-dealkylation sites (tertiary alicyclic amines) is 1. The van der Waals surface area contributed by atoms with Gasteiger partial charge in [-0.1, -0.05) is 6.07 Å². The molecule has 28 heavy (non-hydrogen) atoms. The molecule has 0 bridgehead atoms. The first-order valence-corrected chi connectivity index (χ1v) is 10.3. The number of amides is 1. The molecule has 0 N–H and O–H groups in total. The molecular weight excluding hydrogens is 372 g/mol. The lowest BCUT2D eigenvalue weighted by Crippen LogP contribution is -2.39. The van der Waals surface area contributed by atoms with Gasteiger partial charge >= 0.3 is 0 Å². The number of hydrogen-bond acceptors (Lipinski definition) is 5. The van der Waals surface area contributed by atoms with Crippen LogP contribution in [0.1, 0.15) is 40.9 Å². The smallest absolute Gasteiger partial charge is 0.289 e. The van der Waals surface area contributed by atoms with E-state index >= 15 is 0 Å². The molecule has 0 saturated carbocycles. The fraction of sp³-hybridized carbons (Fsp3) is 0.286. The summed E-state index contributed by atoms with van der Waals surface area (Å²) in [5.41, 5.74) is 1.97. The highest BCUT2D eigenvalue weighted by Gasteiger charge is 2.29. The SMILES string of the molecule is Cc1ccc(C(=O)N2CCC[C@H](c3nc4ccc(-c5cccs5)cn4n3)C2)o1. The van der Waals surface area contributed by atoms with Crippen molar-refractivity contribution in [3.63, 3.8) is 0 Å². The second kappa shape index (κ2) is 6.91. The molecule has 1 fully saturated rings. The van der Waals surface area contributed by atoms with E-state index in [2.05, 4.69) is 17.5 Å². The summed E-state index contributed by atoms with van der Waals surface area (Å²) in [7, 11) is 0. The maximum atomic E-state index is 12.7. The summed E-state index contributed by atoms with van der Waals surface area (Å²) in [6, 6.07) is 11.8. The van der Waals surface area contributed by atoms with Crippen LogP contribution in [-0.4, -0.2) is 38.5 Å². The van der Waals surface area contributed by atoms with Crippen LogP contribution in [0.2, 0.25) is 0 Å². The van der Waals surface area contributed by atoms with Gasteiger partial charge in [-0.05, 0) is 55.5 Å². The summed E-state index contributed by atoms with van der Waals surface area (Å²) in [6.07, 6.45) is 3.94. The monoisotopic (exact) mass is 392 g/mol. The number of aryl methyl sites for hydroxylation is 1. The van der Waals surface area contributed by atoms with Crippen molar-refractivity contribution < 1.29 is 9.21 Å². The van der Waals surface area contributed by atoms with Crippen molar-refractivity contribution in [2.75, 3.05) is 13.1 Å². The zero-order valence-electron chi connectivity index (χ0n) is 15.5. The average molecular weight is 392 g/mol. The Balaban J connectivity index is 1.39. The first-order valence-electron chi connectivity index (χ1n) is 9.43. The van der Waals surface area contributed by atoms with Crippen molar-refractivity contribution >= 4 is 22.9 Å². The number of thiophene rings is 1. The summed E-state index contributed by atoms with van der Waals surface area (Å²) in [6.45, 7) is 3.21. The molecule has 1 aliphatic rings. The van der Waals surface area contributed by atoms with Crippen molar-refractivity contribution in [1.29, 1.82) is 0 Å². The van der Waals surface area contributed by atoms with E-state index in [1.807, 2.05) is 40.7 Å². The van der Waals surface area contributed by atoms with Crippen LogP contribution in [0.5, 0.6) is 0 Å². The Bertz CT molecular complexity index is 1130.